The van der Waals surface area contributed by atoms with Gasteiger partial charge in [-0.15, -0.1) is 0 Å². The zero-order valence-corrected chi connectivity index (χ0v) is 16.3. The average molecular weight is 423 g/mol. The van der Waals surface area contributed by atoms with E-state index in [0.717, 1.165) is 12.3 Å². The molecule has 5 nitrogen and oxygen atoms in total. The number of carbonyl (C=O) groups excluding carboxylic acids is 1. The molecule has 0 unspecified atom stereocenters. The van der Waals surface area contributed by atoms with Crippen LogP contribution in [0, 0.1) is 0 Å². The summed E-state index contributed by atoms with van der Waals surface area (Å²) in [6, 6.07) is 15.5. The largest absolute Gasteiger partial charge is 0.418 e. The Balaban J connectivity index is 1.73. The van der Waals surface area contributed by atoms with E-state index >= 15 is 0 Å². The number of alkyl halides is 3. The molecule has 4 aromatic rings. The first-order valence-electron chi connectivity index (χ1n) is 9.28. The molecule has 1 N–H and O–H groups in total. The van der Waals surface area contributed by atoms with Gasteiger partial charge in [0.1, 0.15) is 5.56 Å². The number of nitrogens with one attached hydrogen (secondary N) is 1. The molecule has 31 heavy (non-hydrogen) atoms. The van der Waals surface area contributed by atoms with E-state index in [1.807, 2.05) is 0 Å². The summed E-state index contributed by atoms with van der Waals surface area (Å²) in [4.78, 5) is 29.4. The van der Waals surface area contributed by atoms with Gasteiger partial charge in [0, 0.05) is 24.2 Å². The molecule has 0 bridgehead atoms. The first-order valence-corrected chi connectivity index (χ1v) is 9.28. The van der Waals surface area contributed by atoms with Crippen molar-refractivity contribution in [3.8, 4) is 11.3 Å². The van der Waals surface area contributed by atoms with Crippen molar-refractivity contribution in [3.63, 3.8) is 0 Å². The molecular formula is C23H16F3N3O2. The number of benzene rings is 2. The minimum absolute atomic E-state index is 0.160. The minimum Gasteiger partial charge on any atom is -0.350 e. The van der Waals surface area contributed by atoms with Crippen LogP contribution in [0.1, 0.15) is 15.9 Å². The number of hydrogen-bond acceptors (Lipinski definition) is 3. The monoisotopic (exact) mass is 423 g/mol. The molecule has 0 radical (unpaired) electrons. The Morgan fingerprint density at radius 3 is 2.42 bits per heavy atom. The highest BCUT2D eigenvalue weighted by molar-refractivity contribution is 6.05. The SMILES string of the molecule is Cn1cc(C(=O)Nc2cnc(-c3ccccc3)c(C(F)(F)F)c2)c(=O)c2ccccc21. The number of aryl methyl sites for hydroxylation is 1. The summed E-state index contributed by atoms with van der Waals surface area (Å²) in [5.41, 5.74) is -1.13. The van der Waals surface area contributed by atoms with Crippen LogP contribution in [-0.4, -0.2) is 15.5 Å². The normalized spacial score (nSPS) is 11.5. The number of halogens is 3. The summed E-state index contributed by atoms with van der Waals surface area (Å²) in [6.45, 7) is 0. The van der Waals surface area contributed by atoms with Crippen molar-refractivity contribution in [1.82, 2.24) is 9.55 Å². The van der Waals surface area contributed by atoms with Crippen LogP contribution >= 0.6 is 0 Å². The molecule has 8 heteroatoms. The number of anilines is 1. The second kappa shape index (κ2) is 7.71. The van der Waals surface area contributed by atoms with Crippen molar-refractivity contribution >= 4 is 22.5 Å². The summed E-state index contributed by atoms with van der Waals surface area (Å²) in [5.74, 6) is -0.811. The van der Waals surface area contributed by atoms with E-state index in [0.29, 0.717) is 16.5 Å². The van der Waals surface area contributed by atoms with Crippen molar-refractivity contribution in [2.75, 3.05) is 5.32 Å². The molecule has 0 saturated carbocycles. The molecule has 4 rings (SSSR count). The van der Waals surface area contributed by atoms with Crippen LogP contribution in [0.3, 0.4) is 0 Å². The number of aromatic nitrogens is 2. The lowest BCUT2D eigenvalue weighted by Gasteiger charge is -2.15. The third kappa shape index (κ3) is 3.92. The molecule has 2 aromatic heterocycles. The first-order chi connectivity index (χ1) is 14.8. The van der Waals surface area contributed by atoms with E-state index in [2.05, 4.69) is 10.3 Å². The topological polar surface area (TPSA) is 64.0 Å². The number of hydrogen-bond donors (Lipinski definition) is 1. The van der Waals surface area contributed by atoms with Crippen LogP contribution in [0.25, 0.3) is 22.2 Å². The van der Waals surface area contributed by atoms with Crippen LogP contribution < -0.4 is 10.7 Å². The van der Waals surface area contributed by atoms with Crippen LogP contribution in [0.4, 0.5) is 18.9 Å². The Morgan fingerprint density at radius 1 is 1.03 bits per heavy atom. The van der Waals surface area contributed by atoms with Crippen LogP contribution in [-0.2, 0) is 13.2 Å². The lowest BCUT2D eigenvalue weighted by atomic mass is 10.0. The van der Waals surface area contributed by atoms with Gasteiger partial charge in [0.15, 0.2) is 0 Å². The van der Waals surface area contributed by atoms with Gasteiger partial charge < -0.3 is 9.88 Å². The fourth-order valence-corrected chi connectivity index (χ4v) is 3.38. The Bertz CT molecular complexity index is 1350. The second-order valence-corrected chi connectivity index (χ2v) is 6.94. The Labute approximate surface area is 174 Å². The molecule has 0 fully saturated rings. The maximum Gasteiger partial charge on any atom is 0.418 e. The Kier molecular flexibility index (Phi) is 5.06. The minimum atomic E-state index is -4.68. The maximum absolute atomic E-state index is 13.7. The van der Waals surface area contributed by atoms with E-state index in [4.69, 9.17) is 0 Å². The van der Waals surface area contributed by atoms with Crippen LogP contribution in [0.5, 0.6) is 0 Å². The van der Waals surface area contributed by atoms with E-state index in [9.17, 15) is 22.8 Å². The highest BCUT2D eigenvalue weighted by Crippen LogP contribution is 2.37. The van der Waals surface area contributed by atoms with Gasteiger partial charge in [-0.2, -0.15) is 13.2 Å². The summed E-state index contributed by atoms with van der Waals surface area (Å²) in [6.07, 6.45) is -2.19. The van der Waals surface area contributed by atoms with Crippen molar-refractivity contribution in [3.05, 3.63) is 94.4 Å². The van der Waals surface area contributed by atoms with Crippen molar-refractivity contribution in [1.29, 1.82) is 0 Å². The highest BCUT2D eigenvalue weighted by atomic mass is 19.4. The van der Waals surface area contributed by atoms with E-state index in [-0.39, 0.29) is 16.9 Å². The van der Waals surface area contributed by atoms with E-state index < -0.39 is 23.1 Å². The molecular weight excluding hydrogens is 407 g/mol. The lowest BCUT2D eigenvalue weighted by Crippen LogP contribution is -2.23. The maximum atomic E-state index is 13.7. The number of carbonyl (C=O) groups is 1. The first kappa shape index (κ1) is 20.3. The molecule has 156 valence electrons. The van der Waals surface area contributed by atoms with Gasteiger partial charge in [-0.3, -0.25) is 14.6 Å². The fourth-order valence-electron chi connectivity index (χ4n) is 3.38. The number of fused-ring (bicyclic) bond motifs is 1. The van der Waals surface area contributed by atoms with Gasteiger partial charge >= 0.3 is 6.18 Å². The van der Waals surface area contributed by atoms with E-state index in [1.54, 1.807) is 54.1 Å². The molecule has 0 aliphatic carbocycles. The molecule has 2 heterocycles. The average Bonchev–Trinajstić information content (AvgIpc) is 2.76. The standard InChI is InChI=1S/C23H16F3N3O2/c1-29-13-17(21(30)16-9-5-6-10-19(16)29)22(31)28-15-11-18(23(24,25)26)20(27-12-15)14-7-3-2-4-8-14/h2-13H,1H3,(H,28,31). The zero-order valence-electron chi connectivity index (χ0n) is 16.3. The summed E-state index contributed by atoms with van der Waals surface area (Å²) in [7, 11) is 1.68. The number of rotatable bonds is 3. The highest BCUT2D eigenvalue weighted by Gasteiger charge is 2.35. The predicted molar refractivity (Wildman–Crippen MR) is 112 cm³/mol. The summed E-state index contributed by atoms with van der Waals surface area (Å²) >= 11 is 0. The second-order valence-electron chi connectivity index (χ2n) is 6.94. The molecule has 2 aromatic carbocycles. The quantitative estimate of drug-likeness (QED) is 0.511. The lowest BCUT2D eigenvalue weighted by molar-refractivity contribution is -0.137. The van der Waals surface area contributed by atoms with Gasteiger partial charge in [0.2, 0.25) is 5.43 Å². The Morgan fingerprint density at radius 2 is 1.71 bits per heavy atom. The van der Waals surface area contributed by atoms with Crippen molar-refractivity contribution in [2.45, 2.75) is 6.18 Å². The summed E-state index contributed by atoms with van der Waals surface area (Å²) in [5, 5.41) is 2.71. The smallest absolute Gasteiger partial charge is 0.350 e. The molecule has 0 saturated heterocycles. The predicted octanol–water partition coefficient (Wildman–Crippen LogP) is 4.87. The van der Waals surface area contributed by atoms with Crippen molar-refractivity contribution in [2.24, 2.45) is 7.05 Å². The molecule has 0 atom stereocenters. The van der Waals surface area contributed by atoms with Gasteiger partial charge in [0.25, 0.3) is 5.91 Å². The zero-order chi connectivity index (χ0) is 22.2. The fraction of sp³-hybridized carbons (Fsp3) is 0.0870. The number of nitrogens with zero attached hydrogens (tertiary/aromatic N) is 2. The third-order valence-electron chi connectivity index (χ3n) is 4.84. The number of para-hydroxylation sites is 1. The Hall–Kier alpha value is -3.94. The van der Waals surface area contributed by atoms with Crippen molar-refractivity contribution < 1.29 is 18.0 Å². The summed E-state index contributed by atoms with van der Waals surface area (Å²) < 4.78 is 42.6. The molecule has 1 amide bonds. The van der Waals surface area contributed by atoms with Gasteiger partial charge in [-0.25, -0.2) is 0 Å². The molecule has 0 spiro atoms. The van der Waals surface area contributed by atoms with Crippen LogP contribution in [0.15, 0.2) is 77.9 Å². The van der Waals surface area contributed by atoms with Crippen LogP contribution in [0.2, 0.25) is 0 Å². The van der Waals surface area contributed by atoms with Gasteiger partial charge in [-0.05, 0) is 18.2 Å². The molecule has 0 aliphatic heterocycles. The third-order valence-corrected chi connectivity index (χ3v) is 4.84. The van der Waals surface area contributed by atoms with Gasteiger partial charge in [0.05, 0.1) is 28.7 Å². The van der Waals surface area contributed by atoms with E-state index in [1.165, 1.54) is 18.3 Å². The number of amides is 1. The van der Waals surface area contributed by atoms with Gasteiger partial charge in [-0.1, -0.05) is 42.5 Å². The molecule has 0 aliphatic rings. The number of pyridine rings is 2.